The van der Waals surface area contributed by atoms with Crippen molar-refractivity contribution in [2.45, 2.75) is 0 Å². The molecule has 2 amide bonds. The van der Waals surface area contributed by atoms with Gasteiger partial charge in [-0.25, -0.2) is 5.43 Å². The Bertz CT molecular complexity index is 745. The van der Waals surface area contributed by atoms with Gasteiger partial charge in [-0.2, -0.15) is 5.10 Å². The minimum Gasteiger partial charge on any atom is -0.493 e. The number of nitrogens with one attached hydrogen (secondary N) is 1. The average molecular weight is 327 g/mol. The molecule has 0 aliphatic carbocycles. The maximum atomic E-state index is 11.8. The van der Waals surface area contributed by atoms with Crippen LogP contribution in [0.25, 0.3) is 0 Å². The molecule has 0 bridgehead atoms. The first-order valence-electron chi connectivity index (χ1n) is 7.07. The van der Waals surface area contributed by atoms with Gasteiger partial charge in [-0.1, -0.05) is 18.2 Å². The fourth-order valence-corrected chi connectivity index (χ4v) is 1.85. The van der Waals surface area contributed by atoms with Crippen LogP contribution < -0.4 is 20.6 Å². The lowest BCUT2D eigenvalue weighted by Gasteiger charge is -2.09. The van der Waals surface area contributed by atoms with Gasteiger partial charge in [-0.3, -0.25) is 9.59 Å². The summed E-state index contributed by atoms with van der Waals surface area (Å²) in [7, 11) is 1.48. The number of nitrogens with two attached hydrogens (primary N) is 1. The molecule has 7 nitrogen and oxygen atoms in total. The van der Waals surface area contributed by atoms with Gasteiger partial charge in [0.25, 0.3) is 11.8 Å². The Kier molecular flexibility index (Phi) is 5.90. The molecule has 0 aromatic heterocycles. The molecule has 2 aromatic rings. The Labute approximate surface area is 139 Å². The lowest BCUT2D eigenvalue weighted by molar-refractivity contribution is -0.119. The molecule has 0 saturated heterocycles. The van der Waals surface area contributed by atoms with Gasteiger partial charge < -0.3 is 15.2 Å². The summed E-state index contributed by atoms with van der Waals surface area (Å²) in [6.07, 6.45) is 1.47. The van der Waals surface area contributed by atoms with Crippen molar-refractivity contribution in [2.24, 2.45) is 10.8 Å². The molecular formula is C17H17N3O4. The second kappa shape index (κ2) is 8.33. The lowest BCUT2D eigenvalue weighted by Crippen LogP contribution is -2.20. The standard InChI is InChI=1S/C17H17N3O4/c1-23-15-9-12(7-8-14(15)24-11-16(18)21)10-19-20-17(22)13-5-3-2-4-6-13/h2-10H,11H2,1H3,(H2,18,21)(H,20,22)/b19-10+. The Balaban J connectivity index is 2.01. The number of hydrazone groups is 1. The number of hydrogen-bond acceptors (Lipinski definition) is 5. The van der Waals surface area contributed by atoms with Crippen LogP contribution in [0.2, 0.25) is 0 Å². The van der Waals surface area contributed by atoms with E-state index in [4.69, 9.17) is 15.2 Å². The van der Waals surface area contributed by atoms with Crippen molar-refractivity contribution in [2.75, 3.05) is 13.7 Å². The Morgan fingerprint density at radius 2 is 1.92 bits per heavy atom. The summed E-state index contributed by atoms with van der Waals surface area (Å²) in [5, 5.41) is 3.90. The first-order chi connectivity index (χ1) is 11.6. The predicted molar refractivity (Wildman–Crippen MR) is 89.2 cm³/mol. The molecular weight excluding hydrogens is 310 g/mol. The number of nitrogens with zero attached hydrogens (tertiary/aromatic N) is 1. The van der Waals surface area contributed by atoms with E-state index in [1.54, 1.807) is 42.5 Å². The highest BCUT2D eigenvalue weighted by Gasteiger charge is 2.07. The van der Waals surface area contributed by atoms with Crippen molar-refractivity contribution < 1.29 is 19.1 Å². The summed E-state index contributed by atoms with van der Waals surface area (Å²) in [6, 6.07) is 13.8. The first-order valence-corrected chi connectivity index (χ1v) is 7.07. The van der Waals surface area contributed by atoms with Gasteiger partial charge in [0.15, 0.2) is 18.1 Å². The average Bonchev–Trinajstić information content (AvgIpc) is 2.61. The fourth-order valence-electron chi connectivity index (χ4n) is 1.85. The maximum Gasteiger partial charge on any atom is 0.271 e. The summed E-state index contributed by atoms with van der Waals surface area (Å²) in [5.41, 5.74) is 8.68. The third kappa shape index (κ3) is 4.84. The van der Waals surface area contributed by atoms with Gasteiger partial charge in [0.05, 0.1) is 13.3 Å². The van der Waals surface area contributed by atoms with Gasteiger partial charge in [0.2, 0.25) is 0 Å². The van der Waals surface area contributed by atoms with Crippen molar-refractivity contribution in [3.05, 3.63) is 59.7 Å². The number of methoxy groups -OCH3 is 1. The molecule has 24 heavy (non-hydrogen) atoms. The van der Waals surface area contributed by atoms with Crippen molar-refractivity contribution in [1.29, 1.82) is 0 Å². The summed E-state index contributed by atoms with van der Waals surface area (Å²) in [4.78, 5) is 22.6. The molecule has 2 aromatic carbocycles. The molecule has 0 spiro atoms. The van der Waals surface area contributed by atoms with E-state index in [0.717, 1.165) is 0 Å². The van der Waals surface area contributed by atoms with Crippen LogP contribution in [0.4, 0.5) is 0 Å². The molecule has 0 aliphatic rings. The normalized spacial score (nSPS) is 10.4. The lowest BCUT2D eigenvalue weighted by atomic mass is 10.2. The van der Waals surface area contributed by atoms with E-state index >= 15 is 0 Å². The van der Waals surface area contributed by atoms with Crippen LogP contribution >= 0.6 is 0 Å². The zero-order chi connectivity index (χ0) is 17.4. The molecule has 7 heteroatoms. The van der Waals surface area contributed by atoms with Crippen molar-refractivity contribution >= 4 is 18.0 Å². The van der Waals surface area contributed by atoms with Crippen LogP contribution in [-0.4, -0.2) is 31.7 Å². The smallest absolute Gasteiger partial charge is 0.271 e. The number of amides is 2. The van der Waals surface area contributed by atoms with Crippen LogP contribution in [0.1, 0.15) is 15.9 Å². The van der Waals surface area contributed by atoms with E-state index in [9.17, 15) is 9.59 Å². The summed E-state index contributed by atoms with van der Waals surface area (Å²) in [5.74, 6) is -0.0668. The van der Waals surface area contributed by atoms with Crippen LogP contribution in [0.3, 0.4) is 0 Å². The first kappa shape index (κ1) is 17.0. The monoisotopic (exact) mass is 327 g/mol. The maximum absolute atomic E-state index is 11.8. The van der Waals surface area contributed by atoms with Gasteiger partial charge in [0.1, 0.15) is 0 Å². The number of benzene rings is 2. The number of rotatable bonds is 7. The van der Waals surface area contributed by atoms with E-state index < -0.39 is 5.91 Å². The third-order valence-electron chi connectivity index (χ3n) is 2.97. The second-order valence-corrected chi connectivity index (χ2v) is 4.73. The van der Waals surface area contributed by atoms with E-state index in [2.05, 4.69) is 10.5 Å². The second-order valence-electron chi connectivity index (χ2n) is 4.73. The Hall–Kier alpha value is -3.35. The highest BCUT2D eigenvalue weighted by atomic mass is 16.5. The fraction of sp³-hybridized carbons (Fsp3) is 0.118. The quantitative estimate of drug-likeness (QED) is 0.591. The molecule has 0 unspecified atom stereocenters. The zero-order valence-electron chi connectivity index (χ0n) is 13.1. The van der Waals surface area contributed by atoms with Crippen LogP contribution in [0, 0.1) is 0 Å². The number of carbonyl (C=O) groups is 2. The van der Waals surface area contributed by atoms with E-state index in [0.29, 0.717) is 22.6 Å². The molecule has 0 aliphatic heterocycles. The van der Waals surface area contributed by atoms with E-state index in [-0.39, 0.29) is 12.5 Å². The molecule has 0 fully saturated rings. The minimum absolute atomic E-state index is 0.239. The SMILES string of the molecule is COc1cc(/C=N/NC(=O)c2ccccc2)ccc1OCC(N)=O. The molecule has 2 rings (SSSR count). The largest absolute Gasteiger partial charge is 0.493 e. The molecule has 0 atom stereocenters. The Morgan fingerprint density at radius 3 is 2.58 bits per heavy atom. The van der Waals surface area contributed by atoms with Gasteiger partial charge in [-0.15, -0.1) is 0 Å². The number of hydrogen-bond donors (Lipinski definition) is 2. The molecule has 0 heterocycles. The number of primary amides is 1. The topological polar surface area (TPSA) is 103 Å². The van der Waals surface area contributed by atoms with E-state index in [1.807, 2.05) is 6.07 Å². The van der Waals surface area contributed by atoms with E-state index in [1.165, 1.54) is 13.3 Å². The van der Waals surface area contributed by atoms with Crippen LogP contribution in [0.15, 0.2) is 53.6 Å². The van der Waals surface area contributed by atoms with Gasteiger partial charge in [-0.05, 0) is 35.9 Å². The molecule has 0 saturated carbocycles. The molecule has 124 valence electrons. The summed E-state index contributed by atoms with van der Waals surface area (Å²) >= 11 is 0. The highest BCUT2D eigenvalue weighted by Crippen LogP contribution is 2.27. The van der Waals surface area contributed by atoms with Crippen molar-refractivity contribution in [3.63, 3.8) is 0 Å². The van der Waals surface area contributed by atoms with Crippen molar-refractivity contribution in [1.82, 2.24) is 5.43 Å². The highest BCUT2D eigenvalue weighted by molar-refractivity contribution is 5.94. The van der Waals surface area contributed by atoms with Crippen LogP contribution in [-0.2, 0) is 4.79 Å². The summed E-state index contributed by atoms with van der Waals surface area (Å²) in [6.45, 7) is -0.239. The van der Waals surface area contributed by atoms with Crippen molar-refractivity contribution in [3.8, 4) is 11.5 Å². The minimum atomic E-state index is -0.577. The number of carbonyl (C=O) groups excluding carboxylic acids is 2. The van der Waals surface area contributed by atoms with Gasteiger partial charge in [0, 0.05) is 5.56 Å². The summed E-state index contributed by atoms with van der Waals surface area (Å²) < 4.78 is 10.4. The predicted octanol–water partition coefficient (Wildman–Crippen LogP) is 1.32. The molecule has 3 N–H and O–H groups in total. The zero-order valence-corrected chi connectivity index (χ0v) is 13.1. The number of ether oxygens (including phenoxy) is 2. The molecule has 0 radical (unpaired) electrons. The third-order valence-corrected chi connectivity index (χ3v) is 2.97. The van der Waals surface area contributed by atoms with Gasteiger partial charge >= 0.3 is 0 Å². The van der Waals surface area contributed by atoms with Crippen LogP contribution in [0.5, 0.6) is 11.5 Å². The Morgan fingerprint density at radius 1 is 1.17 bits per heavy atom.